The van der Waals surface area contributed by atoms with Gasteiger partial charge in [-0.15, -0.1) is 12.3 Å². The van der Waals surface area contributed by atoms with E-state index in [9.17, 15) is 0 Å². The third-order valence-corrected chi connectivity index (χ3v) is 2.35. The van der Waals surface area contributed by atoms with Gasteiger partial charge in [0.25, 0.3) is 0 Å². The van der Waals surface area contributed by atoms with Crippen molar-refractivity contribution in [2.45, 2.75) is 12.5 Å². The van der Waals surface area contributed by atoms with E-state index in [0.29, 0.717) is 6.42 Å². The van der Waals surface area contributed by atoms with E-state index in [1.807, 2.05) is 24.4 Å². The number of pyridine rings is 1. The number of nitrogens with two attached hydrogens (primary N) is 1. The van der Waals surface area contributed by atoms with Crippen LogP contribution < -0.4 is 11.3 Å². The molecule has 2 aromatic heterocycles. The van der Waals surface area contributed by atoms with Gasteiger partial charge in [-0.1, -0.05) is 6.07 Å². The molecule has 0 saturated carbocycles. The highest BCUT2D eigenvalue weighted by atomic mass is 15.3. The van der Waals surface area contributed by atoms with Crippen molar-refractivity contribution in [3.63, 3.8) is 0 Å². The van der Waals surface area contributed by atoms with E-state index in [2.05, 4.69) is 16.4 Å². The summed E-state index contributed by atoms with van der Waals surface area (Å²) in [7, 11) is 0. The van der Waals surface area contributed by atoms with Gasteiger partial charge in [0.15, 0.2) is 0 Å². The average molecular weight is 200 g/mol. The molecule has 15 heavy (non-hydrogen) atoms. The molecule has 0 aromatic carbocycles. The minimum absolute atomic E-state index is 0.0464. The smallest absolute Gasteiger partial charge is 0.0710 e. The Bertz CT molecular complexity index is 495. The van der Waals surface area contributed by atoms with Gasteiger partial charge in [0.2, 0.25) is 0 Å². The summed E-state index contributed by atoms with van der Waals surface area (Å²) in [6.07, 6.45) is 9.51. The van der Waals surface area contributed by atoms with E-state index in [0.717, 1.165) is 11.1 Å². The molecule has 0 radical (unpaired) electrons. The van der Waals surface area contributed by atoms with Crippen LogP contribution in [0.3, 0.4) is 0 Å². The van der Waals surface area contributed by atoms with Gasteiger partial charge < -0.3 is 0 Å². The summed E-state index contributed by atoms with van der Waals surface area (Å²) >= 11 is 0. The lowest BCUT2D eigenvalue weighted by molar-refractivity contribution is 0.571. The molecule has 2 rings (SSSR count). The largest absolute Gasteiger partial charge is 0.271 e. The van der Waals surface area contributed by atoms with Crippen LogP contribution in [-0.4, -0.2) is 9.61 Å². The molecule has 0 aliphatic carbocycles. The van der Waals surface area contributed by atoms with Crippen LogP contribution in [0.25, 0.3) is 5.52 Å². The maximum Gasteiger partial charge on any atom is 0.0710 e. The summed E-state index contributed by atoms with van der Waals surface area (Å²) in [5, 5.41) is 4.22. The van der Waals surface area contributed by atoms with Crippen molar-refractivity contribution in [1.29, 1.82) is 0 Å². The standard InChI is InChI=1S/C11H12N4/c1-2-5-10(14-12)9-8-13-15-7-4-3-6-11(9)15/h1,3-4,6-8,10,14H,5,12H2. The summed E-state index contributed by atoms with van der Waals surface area (Å²) in [6.45, 7) is 0. The average Bonchev–Trinajstić information content (AvgIpc) is 2.70. The number of nitrogens with zero attached hydrogens (tertiary/aromatic N) is 2. The molecule has 2 heterocycles. The number of hydrogen-bond acceptors (Lipinski definition) is 3. The number of aromatic nitrogens is 2. The van der Waals surface area contributed by atoms with Crippen LogP contribution in [0.4, 0.5) is 0 Å². The second-order valence-corrected chi connectivity index (χ2v) is 3.26. The highest BCUT2D eigenvalue weighted by Gasteiger charge is 2.13. The molecule has 0 bridgehead atoms. The van der Waals surface area contributed by atoms with Crippen molar-refractivity contribution in [3.05, 3.63) is 36.2 Å². The van der Waals surface area contributed by atoms with Gasteiger partial charge in [0.1, 0.15) is 0 Å². The summed E-state index contributed by atoms with van der Waals surface area (Å²) in [5.41, 5.74) is 4.75. The number of nitrogens with one attached hydrogen (secondary N) is 1. The molecule has 0 fully saturated rings. The van der Waals surface area contributed by atoms with E-state index < -0.39 is 0 Å². The second kappa shape index (κ2) is 4.13. The summed E-state index contributed by atoms with van der Waals surface area (Å²) in [5.74, 6) is 8.05. The summed E-state index contributed by atoms with van der Waals surface area (Å²) in [6, 6.07) is 5.83. The van der Waals surface area contributed by atoms with Crippen LogP contribution in [0.2, 0.25) is 0 Å². The fraction of sp³-hybridized carbons (Fsp3) is 0.182. The van der Waals surface area contributed by atoms with E-state index >= 15 is 0 Å². The topological polar surface area (TPSA) is 55.3 Å². The predicted molar refractivity (Wildman–Crippen MR) is 58.7 cm³/mol. The van der Waals surface area contributed by atoms with E-state index in [1.54, 1.807) is 10.7 Å². The Hall–Kier alpha value is -1.83. The number of hydrogen-bond donors (Lipinski definition) is 2. The Labute approximate surface area is 88.1 Å². The number of hydrazine groups is 1. The zero-order valence-corrected chi connectivity index (χ0v) is 8.22. The zero-order chi connectivity index (χ0) is 10.7. The molecule has 0 amide bonds. The van der Waals surface area contributed by atoms with Crippen molar-refractivity contribution in [3.8, 4) is 12.3 Å². The molecule has 1 atom stereocenters. The Morgan fingerprint density at radius 1 is 1.60 bits per heavy atom. The molecule has 0 saturated heterocycles. The van der Waals surface area contributed by atoms with Crippen LogP contribution in [0.15, 0.2) is 30.6 Å². The van der Waals surface area contributed by atoms with Gasteiger partial charge in [-0.25, -0.2) is 4.52 Å². The normalized spacial score (nSPS) is 12.5. The summed E-state index contributed by atoms with van der Waals surface area (Å²) in [4.78, 5) is 0. The minimum atomic E-state index is -0.0464. The fourth-order valence-corrected chi connectivity index (χ4v) is 1.60. The molecule has 4 heteroatoms. The van der Waals surface area contributed by atoms with Crippen molar-refractivity contribution in [2.24, 2.45) is 5.84 Å². The zero-order valence-electron chi connectivity index (χ0n) is 8.22. The molecule has 0 aliphatic heterocycles. The van der Waals surface area contributed by atoms with Crippen LogP contribution in [0, 0.1) is 12.3 Å². The minimum Gasteiger partial charge on any atom is -0.271 e. The molecule has 4 nitrogen and oxygen atoms in total. The molecular formula is C11H12N4. The van der Waals surface area contributed by atoms with Gasteiger partial charge in [-0.3, -0.25) is 11.3 Å². The lowest BCUT2D eigenvalue weighted by atomic mass is 10.1. The number of rotatable bonds is 3. The molecule has 2 aromatic rings. The van der Waals surface area contributed by atoms with Gasteiger partial charge in [-0.2, -0.15) is 5.10 Å². The summed E-state index contributed by atoms with van der Waals surface area (Å²) < 4.78 is 1.80. The quantitative estimate of drug-likeness (QED) is 0.439. The monoisotopic (exact) mass is 200 g/mol. The first-order valence-corrected chi connectivity index (χ1v) is 4.68. The Balaban J connectivity index is 2.47. The highest BCUT2D eigenvalue weighted by Crippen LogP contribution is 2.20. The third kappa shape index (κ3) is 1.71. The lowest BCUT2D eigenvalue weighted by Crippen LogP contribution is -2.27. The van der Waals surface area contributed by atoms with Crippen molar-refractivity contribution < 1.29 is 0 Å². The van der Waals surface area contributed by atoms with E-state index in [-0.39, 0.29) is 6.04 Å². The van der Waals surface area contributed by atoms with Gasteiger partial charge >= 0.3 is 0 Å². The Morgan fingerprint density at radius 3 is 3.20 bits per heavy atom. The number of fused-ring (bicyclic) bond motifs is 1. The van der Waals surface area contributed by atoms with Gasteiger partial charge in [0.05, 0.1) is 17.8 Å². The molecule has 3 N–H and O–H groups in total. The van der Waals surface area contributed by atoms with Crippen molar-refractivity contribution >= 4 is 5.52 Å². The Kier molecular flexibility index (Phi) is 2.68. The number of terminal acetylenes is 1. The molecule has 0 spiro atoms. The SMILES string of the molecule is C#CCC(NN)c1cnn2ccccc12. The van der Waals surface area contributed by atoms with E-state index in [4.69, 9.17) is 12.3 Å². The van der Waals surface area contributed by atoms with Crippen molar-refractivity contribution in [2.75, 3.05) is 0 Å². The van der Waals surface area contributed by atoms with E-state index in [1.165, 1.54) is 0 Å². The van der Waals surface area contributed by atoms with Crippen molar-refractivity contribution in [1.82, 2.24) is 15.0 Å². The first kappa shape index (κ1) is 9.71. The van der Waals surface area contributed by atoms with Gasteiger partial charge in [0, 0.05) is 18.2 Å². The van der Waals surface area contributed by atoms with Crippen LogP contribution in [0.5, 0.6) is 0 Å². The van der Waals surface area contributed by atoms with Crippen LogP contribution in [0.1, 0.15) is 18.0 Å². The molecule has 1 unspecified atom stereocenters. The third-order valence-electron chi connectivity index (χ3n) is 2.35. The Morgan fingerprint density at radius 2 is 2.47 bits per heavy atom. The van der Waals surface area contributed by atoms with Gasteiger partial charge in [-0.05, 0) is 12.1 Å². The maximum atomic E-state index is 5.46. The molecular weight excluding hydrogens is 188 g/mol. The molecule has 76 valence electrons. The highest BCUT2D eigenvalue weighted by molar-refractivity contribution is 5.55. The maximum absolute atomic E-state index is 5.46. The molecule has 0 aliphatic rings. The lowest BCUT2D eigenvalue weighted by Gasteiger charge is -2.10. The van der Waals surface area contributed by atoms with Crippen LogP contribution in [-0.2, 0) is 0 Å². The first-order chi connectivity index (χ1) is 7.36. The second-order valence-electron chi connectivity index (χ2n) is 3.26. The first-order valence-electron chi connectivity index (χ1n) is 4.68. The fourth-order valence-electron chi connectivity index (χ4n) is 1.60. The predicted octanol–water partition coefficient (Wildman–Crippen LogP) is 0.862. The van der Waals surface area contributed by atoms with Crippen LogP contribution >= 0.6 is 0 Å².